The van der Waals surface area contributed by atoms with Crippen LogP contribution < -0.4 is 9.47 Å². The van der Waals surface area contributed by atoms with Crippen LogP contribution in [0.25, 0.3) is 67.8 Å². The van der Waals surface area contributed by atoms with Gasteiger partial charge in [0.15, 0.2) is 23.1 Å². The summed E-state index contributed by atoms with van der Waals surface area (Å²) in [6, 6.07) is 49.2. The van der Waals surface area contributed by atoms with Gasteiger partial charge < -0.3 is 9.47 Å². The Morgan fingerprint density at radius 3 is 1.36 bits per heavy atom. The second-order valence-electron chi connectivity index (χ2n) is 12.1. The molecule has 260 valence electrons. The lowest BCUT2D eigenvalue weighted by Crippen LogP contribution is -2.16. The molecule has 0 amide bonds. The Morgan fingerprint density at radius 2 is 0.849 bits per heavy atom. The fraction of sp³-hybridized carbons (Fsp3) is 0.0455. The monoisotopic (exact) mass is 752 g/mol. The molecule has 0 unspecified atom stereocenters. The molecule has 0 bridgehead atoms. The van der Waals surface area contributed by atoms with E-state index < -0.39 is 0 Å². The predicted molar refractivity (Wildman–Crippen MR) is 216 cm³/mol. The first kappa shape index (κ1) is 34.3. The molecule has 0 saturated carbocycles. The first-order valence-corrected chi connectivity index (χ1v) is 18.0. The maximum atomic E-state index is 7.15. The van der Waals surface area contributed by atoms with Crippen molar-refractivity contribution in [1.29, 1.82) is 0 Å². The van der Waals surface area contributed by atoms with Crippen molar-refractivity contribution in [2.24, 2.45) is 0 Å². The standard InChI is InChI=1S/C44H31Cl3N4O2/c1-52-37-26-25-30(27-38(37)53-2)40-42(31-19-9-12-22-34(31)45)51(44(49-40)33-21-11-14-24-36(33)47)50-41(29-17-7-4-8-18-29)39(28-15-5-3-6-16-28)48-43(50)32-20-10-13-23-35(32)46/h3-27H,1-2H3. The Labute approximate surface area is 322 Å². The first-order valence-electron chi connectivity index (χ1n) is 16.8. The number of benzene rings is 6. The quantitative estimate of drug-likeness (QED) is 0.147. The highest BCUT2D eigenvalue weighted by Crippen LogP contribution is 2.46. The summed E-state index contributed by atoms with van der Waals surface area (Å²) in [5.74, 6) is 2.29. The van der Waals surface area contributed by atoms with Crippen LogP contribution in [-0.4, -0.2) is 33.5 Å². The van der Waals surface area contributed by atoms with Crippen LogP contribution in [0.2, 0.25) is 15.1 Å². The molecule has 0 aliphatic carbocycles. The van der Waals surface area contributed by atoms with Gasteiger partial charge in [0.05, 0.1) is 46.4 Å². The number of nitrogens with zero attached hydrogens (tertiary/aromatic N) is 4. The lowest BCUT2D eigenvalue weighted by atomic mass is 10.0. The number of methoxy groups -OCH3 is 2. The summed E-state index contributed by atoms with van der Waals surface area (Å²) in [5.41, 5.74) is 7.68. The average Bonchev–Trinajstić information content (AvgIpc) is 3.78. The SMILES string of the molecule is COc1ccc(-c2nc(-c3ccccc3Cl)n(-n3c(-c4ccccc4Cl)nc(-c4ccccc4)c3-c3ccccc3)c2-c2ccccc2Cl)cc1OC. The number of ether oxygens (including phenoxy) is 2. The van der Waals surface area contributed by atoms with Crippen molar-refractivity contribution < 1.29 is 9.47 Å². The molecule has 2 aromatic heterocycles. The molecule has 6 aromatic carbocycles. The molecule has 0 aliphatic heterocycles. The van der Waals surface area contributed by atoms with E-state index in [0.29, 0.717) is 55.2 Å². The van der Waals surface area contributed by atoms with Crippen LogP contribution >= 0.6 is 34.8 Å². The van der Waals surface area contributed by atoms with Crippen molar-refractivity contribution in [3.63, 3.8) is 0 Å². The van der Waals surface area contributed by atoms with Crippen LogP contribution in [0.5, 0.6) is 11.5 Å². The van der Waals surface area contributed by atoms with Crippen LogP contribution in [-0.2, 0) is 0 Å². The zero-order valence-electron chi connectivity index (χ0n) is 28.7. The second-order valence-corrected chi connectivity index (χ2v) is 13.4. The fourth-order valence-electron chi connectivity index (χ4n) is 6.58. The van der Waals surface area contributed by atoms with E-state index in [1.54, 1.807) is 14.2 Å². The molecule has 0 aliphatic rings. The summed E-state index contributed by atoms with van der Waals surface area (Å²) in [4.78, 5) is 10.9. The molecular formula is C44H31Cl3N4O2. The molecule has 0 N–H and O–H groups in total. The number of rotatable bonds is 9. The Hall–Kier alpha value is -5.79. The van der Waals surface area contributed by atoms with Crippen LogP contribution in [0.1, 0.15) is 0 Å². The molecule has 0 atom stereocenters. The van der Waals surface area contributed by atoms with Crippen molar-refractivity contribution >= 4 is 34.8 Å². The third kappa shape index (κ3) is 6.25. The minimum absolute atomic E-state index is 0.521. The van der Waals surface area contributed by atoms with Crippen LogP contribution in [0, 0.1) is 0 Å². The highest BCUT2D eigenvalue weighted by molar-refractivity contribution is 6.34. The van der Waals surface area contributed by atoms with Crippen molar-refractivity contribution in [3.8, 4) is 79.3 Å². The number of hydrogen-bond acceptors (Lipinski definition) is 4. The largest absolute Gasteiger partial charge is 0.493 e. The van der Waals surface area contributed by atoms with Gasteiger partial charge >= 0.3 is 0 Å². The van der Waals surface area contributed by atoms with Gasteiger partial charge in [-0.25, -0.2) is 19.3 Å². The predicted octanol–water partition coefficient (Wildman–Crippen LogP) is 12.4. The number of halogens is 3. The van der Waals surface area contributed by atoms with E-state index in [1.807, 2.05) is 127 Å². The molecule has 6 nitrogen and oxygen atoms in total. The normalized spacial score (nSPS) is 11.1. The summed E-state index contributed by atoms with van der Waals surface area (Å²) < 4.78 is 15.5. The van der Waals surface area contributed by atoms with E-state index in [-0.39, 0.29) is 0 Å². The van der Waals surface area contributed by atoms with E-state index in [9.17, 15) is 0 Å². The van der Waals surface area contributed by atoms with Gasteiger partial charge in [0.1, 0.15) is 5.69 Å². The molecule has 0 saturated heterocycles. The lowest BCUT2D eigenvalue weighted by molar-refractivity contribution is 0.355. The van der Waals surface area contributed by atoms with Gasteiger partial charge in [-0.3, -0.25) is 0 Å². The van der Waals surface area contributed by atoms with Crippen molar-refractivity contribution in [2.45, 2.75) is 0 Å². The van der Waals surface area contributed by atoms with Crippen molar-refractivity contribution in [1.82, 2.24) is 19.3 Å². The lowest BCUT2D eigenvalue weighted by Gasteiger charge is -2.21. The third-order valence-electron chi connectivity index (χ3n) is 9.02. The Kier molecular flexibility index (Phi) is 9.50. The summed E-state index contributed by atoms with van der Waals surface area (Å²) >= 11 is 21.3. The van der Waals surface area contributed by atoms with E-state index in [0.717, 1.165) is 39.2 Å². The molecule has 0 spiro atoms. The molecule has 53 heavy (non-hydrogen) atoms. The summed E-state index contributed by atoms with van der Waals surface area (Å²) in [7, 11) is 3.23. The third-order valence-corrected chi connectivity index (χ3v) is 10.0. The maximum absolute atomic E-state index is 7.15. The fourth-order valence-corrected chi connectivity index (χ4v) is 7.25. The van der Waals surface area contributed by atoms with Crippen molar-refractivity contribution in [3.05, 3.63) is 167 Å². The Bertz CT molecular complexity index is 2580. The molecule has 8 rings (SSSR count). The average molecular weight is 754 g/mol. The van der Waals surface area contributed by atoms with Gasteiger partial charge in [-0.1, -0.05) is 138 Å². The zero-order valence-corrected chi connectivity index (χ0v) is 30.9. The zero-order chi connectivity index (χ0) is 36.5. The second kappa shape index (κ2) is 14.7. The van der Waals surface area contributed by atoms with Crippen LogP contribution in [0.15, 0.2) is 152 Å². The number of aromatic nitrogens is 4. The summed E-state index contributed by atoms with van der Waals surface area (Å²) in [5, 5.41) is 1.59. The van der Waals surface area contributed by atoms with Crippen molar-refractivity contribution in [2.75, 3.05) is 14.2 Å². The summed E-state index contributed by atoms with van der Waals surface area (Å²) in [6.07, 6.45) is 0. The van der Waals surface area contributed by atoms with Gasteiger partial charge in [0, 0.05) is 33.4 Å². The maximum Gasteiger partial charge on any atom is 0.162 e. The summed E-state index contributed by atoms with van der Waals surface area (Å²) in [6.45, 7) is 0. The number of imidazole rings is 2. The smallest absolute Gasteiger partial charge is 0.162 e. The van der Waals surface area contributed by atoms with E-state index in [4.69, 9.17) is 54.2 Å². The number of hydrogen-bond donors (Lipinski definition) is 0. The minimum Gasteiger partial charge on any atom is -0.493 e. The van der Waals surface area contributed by atoms with Gasteiger partial charge in [0.2, 0.25) is 0 Å². The Morgan fingerprint density at radius 1 is 0.415 bits per heavy atom. The van der Waals surface area contributed by atoms with E-state index in [1.165, 1.54) is 0 Å². The Balaban J connectivity index is 1.62. The highest BCUT2D eigenvalue weighted by Gasteiger charge is 2.31. The molecule has 9 heteroatoms. The molecular weight excluding hydrogens is 723 g/mol. The first-order chi connectivity index (χ1) is 26.0. The van der Waals surface area contributed by atoms with Gasteiger partial charge in [-0.15, -0.1) is 0 Å². The van der Waals surface area contributed by atoms with Crippen LogP contribution in [0.3, 0.4) is 0 Å². The molecule has 2 heterocycles. The van der Waals surface area contributed by atoms with Gasteiger partial charge in [-0.05, 0) is 48.5 Å². The molecule has 0 radical (unpaired) electrons. The molecule has 0 fully saturated rings. The van der Waals surface area contributed by atoms with E-state index >= 15 is 0 Å². The van der Waals surface area contributed by atoms with Gasteiger partial charge in [0.25, 0.3) is 0 Å². The van der Waals surface area contributed by atoms with Crippen LogP contribution in [0.4, 0.5) is 0 Å². The highest BCUT2D eigenvalue weighted by atomic mass is 35.5. The van der Waals surface area contributed by atoms with E-state index in [2.05, 4.69) is 33.6 Å². The molecule has 8 aromatic rings. The van der Waals surface area contributed by atoms with Gasteiger partial charge in [-0.2, -0.15) is 0 Å². The minimum atomic E-state index is 0.521. The topological polar surface area (TPSA) is 54.1 Å².